The number of carbonyl (C=O) groups excluding carboxylic acids is 2. The maximum absolute atomic E-state index is 12.7. The van der Waals surface area contributed by atoms with Gasteiger partial charge in [-0.25, -0.2) is 4.90 Å². The van der Waals surface area contributed by atoms with Crippen molar-refractivity contribution in [3.8, 4) is 0 Å². The second kappa shape index (κ2) is 5.24. The number of imide groups is 1. The highest BCUT2D eigenvalue weighted by Gasteiger charge is 2.50. The van der Waals surface area contributed by atoms with E-state index in [1.54, 1.807) is 0 Å². The molecule has 1 saturated carbocycles. The van der Waals surface area contributed by atoms with Crippen molar-refractivity contribution >= 4 is 33.4 Å². The number of fused-ring (bicyclic) bond motifs is 1. The van der Waals surface area contributed by atoms with Crippen molar-refractivity contribution in [2.75, 3.05) is 4.90 Å². The van der Waals surface area contributed by atoms with Crippen LogP contribution < -0.4 is 4.90 Å². The average Bonchev–Trinajstić information content (AvgIpc) is 2.69. The maximum atomic E-state index is 12.7. The lowest BCUT2D eigenvalue weighted by molar-refractivity contribution is -0.122. The van der Waals surface area contributed by atoms with Gasteiger partial charge < -0.3 is 0 Å². The lowest BCUT2D eigenvalue weighted by Gasteiger charge is -2.25. The van der Waals surface area contributed by atoms with Gasteiger partial charge in [0.25, 0.3) is 0 Å². The van der Waals surface area contributed by atoms with E-state index in [4.69, 9.17) is 0 Å². The summed E-state index contributed by atoms with van der Waals surface area (Å²) in [6.07, 6.45) is 2.74. The third-order valence-electron chi connectivity index (χ3n) is 5.12. The Bertz CT molecular complexity index is 625. The van der Waals surface area contributed by atoms with Gasteiger partial charge in [0.15, 0.2) is 0 Å². The van der Waals surface area contributed by atoms with Gasteiger partial charge in [0.05, 0.1) is 17.5 Å². The molecule has 0 N–H and O–H groups in total. The standard InChI is InChI=1S/C17H20BrNO2/c1-9-4-5-12-13(8-9)17(21)19(16(12)20)15-7-6-14(18)10(2)11(15)3/h6-7,9,12-13H,4-5,8H2,1-3H3. The number of rotatable bonds is 1. The van der Waals surface area contributed by atoms with Gasteiger partial charge in [-0.2, -0.15) is 0 Å². The van der Waals surface area contributed by atoms with Crippen LogP contribution >= 0.6 is 15.9 Å². The maximum Gasteiger partial charge on any atom is 0.237 e. The molecule has 2 fully saturated rings. The van der Waals surface area contributed by atoms with Crippen molar-refractivity contribution < 1.29 is 9.59 Å². The van der Waals surface area contributed by atoms with Crippen molar-refractivity contribution in [2.24, 2.45) is 17.8 Å². The van der Waals surface area contributed by atoms with Gasteiger partial charge in [-0.1, -0.05) is 22.9 Å². The predicted octanol–water partition coefficient (Wildman–Crippen LogP) is 3.99. The number of halogens is 1. The summed E-state index contributed by atoms with van der Waals surface area (Å²) in [6, 6.07) is 3.80. The van der Waals surface area contributed by atoms with Gasteiger partial charge in [0.1, 0.15) is 0 Å². The third-order valence-corrected chi connectivity index (χ3v) is 5.98. The summed E-state index contributed by atoms with van der Waals surface area (Å²) in [7, 11) is 0. The number of benzene rings is 1. The zero-order valence-electron chi connectivity index (χ0n) is 12.6. The first-order chi connectivity index (χ1) is 9.91. The lowest BCUT2D eigenvalue weighted by Crippen LogP contribution is -2.31. The predicted molar refractivity (Wildman–Crippen MR) is 86.1 cm³/mol. The lowest BCUT2D eigenvalue weighted by atomic mass is 9.76. The second-order valence-electron chi connectivity index (χ2n) is 6.46. The van der Waals surface area contributed by atoms with Crippen LogP contribution in [0.25, 0.3) is 0 Å². The molecule has 1 heterocycles. The van der Waals surface area contributed by atoms with E-state index in [1.807, 2.05) is 26.0 Å². The van der Waals surface area contributed by atoms with Crippen LogP contribution in [-0.2, 0) is 9.59 Å². The Balaban J connectivity index is 2.02. The van der Waals surface area contributed by atoms with E-state index in [1.165, 1.54) is 4.90 Å². The first-order valence-corrected chi connectivity index (χ1v) is 8.34. The van der Waals surface area contributed by atoms with Crippen LogP contribution in [0, 0.1) is 31.6 Å². The zero-order chi connectivity index (χ0) is 15.3. The topological polar surface area (TPSA) is 37.4 Å². The van der Waals surface area contributed by atoms with Crippen molar-refractivity contribution in [3.05, 3.63) is 27.7 Å². The minimum atomic E-state index is -0.107. The van der Waals surface area contributed by atoms with E-state index in [0.29, 0.717) is 5.92 Å². The molecule has 0 radical (unpaired) electrons. The van der Waals surface area contributed by atoms with Crippen LogP contribution in [0.15, 0.2) is 16.6 Å². The number of anilines is 1. The number of hydrogen-bond acceptors (Lipinski definition) is 2. The first-order valence-electron chi connectivity index (χ1n) is 7.55. The molecule has 3 nitrogen and oxygen atoms in total. The summed E-state index contributed by atoms with van der Waals surface area (Å²) >= 11 is 3.50. The molecule has 1 aromatic rings. The minimum absolute atomic E-state index is 0.00127. The molecular weight excluding hydrogens is 330 g/mol. The van der Waals surface area contributed by atoms with E-state index < -0.39 is 0 Å². The highest BCUT2D eigenvalue weighted by Crippen LogP contribution is 2.43. The van der Waals surface area contributed by atoms with Gasteiger partial charge in [-0.3, -0.25) is 9.59 Å². The Morgan fingerprint density at radius 2 is 1.71 bits per heavy atom. The zero-order valence-corrected chi connectivity index (χ0v) is 14.2. The molecule has 0 aromatic heterocycles. The molecule has 1 aliphatic carbocycles. The molecule has 4 heteroatoms. The smallest absolute Gasteiger partial charge is 0.237 e. The molecule has 0 bridgehead atoms. The molecule has 0 spiro atoms. The van der Waals surface area contributed by atoms with Crippen LogP contribution in [-0.4, -0.2) is 11.8 Å². The van der Waals surface area contributed by atoms with Gasteiger partial charge >= 0.3 is 0 Å². The Morgan fingerprint density at radius 3 is 2.43 bits per heavy atom. The fourth-order valence-electron chi connectivity index (χ4n) is 3.64. The van der Waals surface area contributed by atoms with Crippen LogP contribution in [0.1, 0.15) is 37.3 Å². The fraction of sp³-hybridized carbons (Fsp3) is 0.529. The van der Waals surface area contributed by atoms with Crippen LogP contribution in [0.4, 0.5) is 5.69 Å². The molecule has 3 atom stereocenters. The summed E-state index contributed by atoms with van der Waals surface area (Å²) in [5.74, 6) is 0.334. The highest BCUT2D eigenvalue weighted by molar-refractivity contribution is 9.10. The fourth-order valence-corrected chi connectivity index (χ4v) is 4.07. The molecule has 3 rings (SSSR count). The van der Waals surface area contributed by atoms with Crippen LogP contribution in [0.5, 0.6) is 0 Å². The molecule has 21 heavy (non-hydrogen) atoms. The summed E-state index contributed by atoms with van der Waals surface area (Å²) in [4.78, 5) is 26.9. The second-order valence-corrected chi connectivity index (χ2v) is 7.31. The number of carbonyl (C=O) groups is 2. The summed E-state index contributed by atoms with van der Waals surface area (Å²) in [5.41, 5.74) is 2.84. The Kier molecular flexibility index (Phi) is 3.68. The average molecular weight is 350 g/mol. The molecule has 1 saturated heterocycles. The van der Waals surface area contributed by atoms with Crippen molar-refractivity contribution in [1.82, 2.24) is 0 Å². The molecule has 2 amide bonds. The van der Waals surface area contributed by atoms with Gasteiger partial charge in [0.2, 0.25) is 11.8 Å². The number of nitrogens with zero attached hydrogens (tertiary/aromatic N) is 1. The van der Waals surface area contributed by atoms with E-state index >= 15 is 0 Å². The van der Waals surface area contributed by atoms with Crippen LogP contribution in [0.3, 0.4) is 0 Å². The molecule has 1 aliphatic heterocycles. The molecule has 2 aliphatic rings. The number of amides is 2. The summed E-state index contributed by atoms with van der Waals surface area (Å²) < 4.78 is 1.01. The normalized spacial score (nSPS) is 29.0. The Morgan fingerprint density at radius 1 is 1.05 bits per heavy atom. The summed E-state index contributed by atoms with van der Waals surface area (Å²) in [5, 5.41) is 0. The van der Waals surface area contributed by atoms with E-state index in [9.17, 15) is 9.59 Å². The van der Waals surface area contributed by atoms with E-state index in [0.717, 1.165) is 40.5 Å². The first kappa shape index (κ1) is 14.8. The van der Waals surface area contributed by atoms with Crippen molar-refractivity contribution in [1.29, 1.82) is 0 Å². The van der Waals surface area contributed by atoms with Gasteiger partial charge in [-0.15, -0.1) is 0 Å². The highest BCUT2D eigenvalue weighted by atomic mass is 79.9. The third kappa shape index (κ3) is 2.24. The van der Waals surface area contributed by atoms with Gasteiger partial charge in [-0.05, 0) is 62.3 Å². The van der Waals surface area contributed by atoms with E-state index in [2.05, 4.69) is 22.9 Å². The molecule has 112 valence electrons. The minimum Gasteiger partial charge on any atom is -0.274 e. The van der Waals surface area contributed by atoms with Gasteiger partial charge in [0, 0.05) is 4.47 Å². The quantitative estimate of drug-likeness (QED) is 0.718. The van der Waals surface area contributed by atoms with Crippen molar-refractivity contribution in [3.63, 3.8) is 0 Å². The molecule has 3 unspecified atom stereocenters. The SMILES string of the molecule is Cc1c(Br)ccc(N2C(=O)C3CCC(C)CC3C2=O)c1C. The Hall–Kier alpha value is -1.16. The number of hydrogen-bond donors (Lipinski definition) is 0. The monoisotopic (exact) mass is 349 g/mol. The van der Waals surface area contributed by atoms with E-state index in [-0.39, 0.29) is 23.7 Å². The Labute approximate surface area is 133 Å². The largest absolute Gasteiger partial charge is 0.274 e. The van der Waals surface area contributed by atoms with Crippen molar-refractivity contribution in [2.45, 2.75) is 40.0 Å². The van der Waals surface area contributed by atoms with Crippen LogP contribution in [0.2, 0.25) is 0 Å². The molecule has 1 aromatic carbocycles. The molecular formula is C17H20BrNO2. The summed E-state index contributed by atoms with van der Waals surface area (Å²) in [6.45, 7) is 6.15.